The van der Waals surface area contributed by atoms with Crippen molar-refractivity contribution in [1.82, 2.24) is 14.5 Å². The van der Waals surface area contributed by atoms with Crippen molar-refractivity contribution in [3.05, 3.63) is 44.4 Å². The fourth-order valence-corrected chi connectivity index (χ4v) is 2.45. The van der Waals surface area contributed by atoms with Crippen molar-refractivity contribution in [2.45, 2.75) is 39.2 Å². The van der Waals surface area contributed by atoms with Crippen LogP contribution in [0.3, 0.4) is 0 Å². The Morgan fingerprint density at radius 2 is 1.95 bits per heavy atom. The predicted molar refractivity (Wildman–Crippen MR) is 75.8 cm³/mol. The molecule has 0 aliphatic carbocycles. The molecule has 0 radical (unpaired) electrons. The molecule has 1 aromatic heterocycles. The summed E-state index contributed by atoms with van der Waals surface area (Å²) in [4.78, 5) is 36.4. The Kier molecular flexibility index (Phi) is 3.92. The van der Waals surface area contributed by atoms with Gasteiger partial charge in [0.25, 0.3) is 11.5 Å². The lowest BCUT2D eigenvalue weighted by Gasteiger charge is -2.22. The number of carbonyl (C=O) groups excluding carboxylic acids is 1. The first-order valence-electron chi connectivity index (χ1n) is 6.79. The lowest BCUT2D eigenvalue weighted by Crippen LogP contribution is -2.47. The number of amides is 1. The second-order valence-corrected chi connectivity index (χ2v) is 5.07. The highest BCUT2D eigenvalue weighted by Crippen LogP contribution is 2.13. The van der Waals surface area contributed by atoms with Crippen molar-refractivity contribution < 1.29 is 4.79 Å². The van der Waals surface area contributed by atoms with E-state index in [2.05, 4.69) is 18.8 Å². The molecule has 0 spiro atoms. The Balaban J connectivity index is 2.62. The molecule has 2 heterocycles. The third kappa shape index (κ3) is 2.33. The number of unbranched alkanes of at least 4 members (excludes halogenated alkanes) is 2. The van der Waals surface area contributed by atoms with Crippen molar-refractivity contribution in [2.24, 2.45) is 7.05 Å². The van der Waals surface area contributed by atoms with Crippen LogP contribution in [0.2, 0.25) is 0 Å². The van der Waals surface area contributed by atoms with Crippen LogP contribution in [0.1, 0.15) is 42.2 Å². The highest BCUT2D eigenvalue weighted by molar-refractivity contribution is 5.96. The van der Waals surface area contributed by atoms with E-state index in [1.54, 1.807) is 0 Å². The number of rotatable bonds is 4. The smallest absolute Gasteiger partial charge is 0.325 e. The van der Waals surface area contributed by atoms with Crippen molar-refractivity contribution in [3.63, 3.8) is 0 Å². The van der Waals surface area contributed by atoms with Gasteiger partial charge in [-0.3, -0.25) is 18.7 Å². The standard InChI is InChI=1S/C14H19N3O3/c1-4-5-6-7-17-11-10(8-9(2)15-12(11)18)13(19)16(3)14(17)20/h2,4-8H2,1,3H3,(H,15,18). The fourth-order valence-electron chi connectivity index (χ4n) is 2.45. The molecule has 6 heteroatoms. The number of hydrogen-bond acceptors (Lipinski definition) is 3. The molecule has 0 saturated heterocycles. The number of allylic oxidation sites excluding steroid dienone is 1. The number of fused-ring (bicyclic) bond motifs is 1. The summed E-state index contributed by atoms with van der Waals surface area (Å²) in [6.45, 7) is 6.21. The zero-order valence-corrected chi connectivity index (χ0v) is 11.9. The quantitative estimate of drug-likeness (QED) is 0.816. The first kappa shape index (κ1) is 14.3. The molecule has 20 heavy (non-hydrogen) atoms. The molecule has 1 aromatic rings. The SMILES string of the molecule is C=C1Cc2c(n(CCCCC)c(=O)n(C)c2=O)C(=O)N1. The van der Waals surface area contributed by atoms with Crippen LogP contribution in [-0.2, 0) is 20.0 Å². The van der Waals surface area contributed by atoms with Crippen LogP contribution in [0.4, 0.5) is 0 Å². The zero-order chi connectivity index (χ0) is 14.9. The summed E-state index contributed by atoms with van der Waals surface area (Å²) in [6.07, 6.45) is 3.07. The van der Waals surface area contributed by atoms with E-state index in [0.717, 1.165) is 23.8 Å². The summed E-state index contributed by atoms with van der Waals surface area (Å²) < 4.78 is 2.48. The second kappa shape index (κ2) is 5.48. The third-order valence-electron chi connectivity index (χ3n) is 3.52. The Bertz CT molecular complexity index is 682. The molecule has 2 rings (SSSR count). The minimum atomic E-state index is -0.437. The molecule has 0 unspecified atom stereocenters. The largest absolute Gasteiger partial charge is 0.331 e. The number of nitrogens with zero attached hydrogens (tertiary/aromatic N) is 2. The molecule has 0 fully saturated rings. The average molecular weight is 277 g/mol. The number of hydrogen-bond donors (Lipinski definition) is 1. The summed E-state index contributed by atoms with van der Waals surface area (Å²) >= 11 is 0. The molecule has 108 valence electrons. The van der Waals surface area contributed by atoms with Gasteiger partial charge in [0, 0.05) is 25.7 Å². The average Bonchev–Trinajstić information content (AvgIpc) is 2.40. The number of nitrogens with one attached hydrogen (secondary N) is 1. The molecular weight excluding hydrogens is 258 g/mol. The highest BCUT2D eigenvalue weighted by Gasteiger charge is 2.27. The molecule has 6 nitrogen and oxygen atoms in total. The van der Waals surface area contributed by atoms with Gasteiger partial charge in [0.15, 0.2) is 0 Å². The molecule has 0 atom stereocenters. The molecule has 1 aliphatic heterocycles. The first-order valence-corrected chi connectivity index (χ1v) is 6.79. The van der Waals surface area contributed by atoms with E-state index in [4.69, 9.17) is 0 Å². The first-order chi connectivity index (χ1) is 9.47. The van der Waals surface area contributed by atoms with Gasteiger partial charge in [-0.05, 0) is 6.42 Å². The van der Waals surface area contributed by atoms with Gasteiger partial charge in [0.1, 0.15) is 5.69 Å². The lowest BCUT2D eigenvalue weighted by atomic mass is 10.0. The summed E-state index contributed by atoms with van der Waals surface area (Å²) in [7, 11) is 1.44. The van der Waals surface area contributed by atoms with Gasteiger partial charge >= 0.3 is 5.69 Å². The van der Waals surface area contributed by atoms with Crippen LogP contribution in [0.15, 0.2) is 21.9 Å². The van der Waals surface area contributed by atoms with Crippen molar-refractivity contribution in [1.29, 1.82) is 0 Å². The Labute approximate surface area is 116 Å². The van der Waals surface area contributed by atoms with Crippen LogP contribution in [0, 0.1) is 0 Å². The van der Waals surface area contributed by atoms with E-state index in [-0.39, 0.29) is 12.1 Å². The van der Waals surface area contributed by atoms with Gasteiger partial charge in [-0.1, -0.05) is 26.3 Å². The molecular formula is C14H19N3O3. The van der Waals surface area contributed by atoms with E-state index in [1.807, 2.05) is 0 Å². The van der Waals surface area contributed by atoms with Crippen molar-refractivity contribution in [2.75, 3.05) is 0 Å². The zero-order valence-electron chi connectivity index (χ0n) is 11.9. The van der Waals surface area contributed by atoms with E-state index in [0.29, 0.717) is 17.8 Å². The fraction of sp³-hybridized carbons (Fsp3) is 0.500. The summed E-state index contributed by atoms with van der Waals surface area (Å²) in [5.41, 5.74) is 0.192. The van der Waals surface area contributed by atoms with Gasteiger partial charge in [0.2, 0.25) is 0 Å². The maximum Gasteiger partial charge on any atom is 0.331 e. The van der Waals surface area contributed by atoms with Gasteiger partial charge < -0.3 is 5.32 Å². The van der Waals surface area contributed by atoms with Crippen LogP contribution in [-0.4, -0.2) is 15.0 Å². The third-order valence-corrected chi connectivity index (χ3v) is 3.52. The van der Waals surface area contributed by atoms with E-state index in [9.17, 15) is 14.4 Å². The Hall–Kier alpha value is -2.11. The van der Waals surface area contributed by atoms with Crippen molar-refractivity contribution >= 4 is 5.91 Å². The molecule has 1 amide bonds. The van der Waals surface area contributed by atoms with Crippen LogP contribution in [0.25, 0.3) is 0 Å². The molecule has 0 saturated carbocycles. The minimum absolute atomic E-state index is 0.196. The molecule has 1 aliphatic rings. The predicted octanol–water partition coefficient (Wildman–Crippen LogP) is 0.537. The molecule has 0 bridgehead atoms. The second-order valence-electron chi connectivity index (χ2n) is 5.07. The van der Waals surface area contributed by atoms with Crippen LogP contribution < -0.4 is 16.6 Å². The van der Waals surface area contributed by atoms with E-state index in [1.165, 1.54) is 11.6 Å². The van der Waals surface area contributed by atoms with Gasteiger partial charge in [-0.15, -0.1) is 0 Å². The monoisotopic (exact) mass is 277 g/mol. The topological polar surface area (TPSA) is 73.1 Å². The molecule has 0 aromatic carbocycles. The van der Waals surface area contributed by atoms with Crippen LogP contribution in [0.5, 0.6) is 0 Å². The van der Waals surface area contributed by atoms with E-state index < -0.39 is 17.2 Å². The normalized spacial score (nSPS) is 14.1. The summed E-state index contributed by atoms with van der Waals surface area (Å²) in [5, 5.41) is 2.60. The summed E-state index contributed by atoms with van der Waals surface area (Å²) in [5.74, 6) is -0.414. The molecule has 1 N–H and O–H groups in total. The maximum absolute atomic E-state index is 12.2. The van der Waals surface area contributed by atoms with Crippen molar-refractivity contribution in [3.8, 4) is 0 Å². The Morgan fingerprint density at radius 3 is 2.60 bits per heavy atom. The number of aromatic nitrogens is 2. The summed E-state index contributed by atoms with van der Waals surface area (Å²) in [6, 6.07) is 0. The van der Waals surface area contributed by atoms with Gasteiger partial charge in [-0.2, -0.15) is 0 Å². The van der Waals surface area contributed by atoms with Crippen LogP contribution >= 0.6 is 0 Å². The Morgan fingerprint density at radius 1 is 1.25 bits per heavy atom. The minimum Gasteiger partial charge on any atom is -0.325 e. The van der Waals surface area contributed by atoms with Gasteiger partial charge in [-0.25, -0.2) is 4.79 Å². The highest BCUT2D eigenvalue weighted by atomic mass is 16.2. The number of carbonyl (C=O) groups is 1. The van der Waals surface area contributed by atoms with E-state index >= 15 is 0 Å². The maximum atomic E-state index is 12.2. The van der Waals surface area contributed by atoms with Gasteiger partial charge in [0.05, 0.1) is 5.56 Å². The lowest BCUT2D eigenvalue weighted by molar-refractivity contribution is 0.0946.